The van der Waals surface area contributed by atoms with Crippen LogP contribution in [0.4, 0.5) is 4.39 Å². The molecule has 7 heteroatoms. The number of aliphatic hydroxyl groups excluding tert-OH is 1. The molecule has 3 rings (SSSR count). The minimum atomic E-state index is -1.18. The number of hydrogen-bond acceptors (Lipinski definition) is 6. The van der Waals surface area contributed by atoms with Crippen LogP contribution in [0.2, 0.25) is 0 Å². The maximum Gasteiger partial charge on any atom is 0.194 e. The third-order valence-corrected chi connectivity index (χ3v) is 3.62. The van der Waals surface area contributed by atoms with Gasteiger partial charge in [-0.3, -0.25) is 0 Å². The fraction of sp³-hybridized carbons (Fsp3) is 0.200. The summed E-state index contributed by atoms with van der Waals surface area (Å²) >= 11 is 0. The van der Waals surface area contributed by atoms with Crippen molar-refractivity contribution in [2.24, 2.45) is 0 Å². The van der Waals surface area contributed by atoms with E-state index in [2.05, 4.69) is 0 Å². The molecule has 2 atom stereocenters. The summed E-state index contributed by atoms with van der Waals surface area (Å²) in [5.74, 6) is -3.02. The second-order valence-corrected chi connectivity index (χ2v) is 5.09. The maximum absolute atomic E-state index is 14.1. The second kappa shape index (κ2) is 4.96. The summed E-state index contributed by atoms with van der Waals surface area (Å²) < 4.78 is 19.5. The first-order valence-electron chi connectivity index (χ1n) is 6.48. The van der Waals surface area contributed by atoms with Gasteiger partial charge in [-0.25, -0.2) is 4.39 Å². The number of fused-ring (bicyclic) bond motifs is 1. The topological polar surface area (TPSA) is 110 Å². The first-order valence-corrected chi connectivity index (χ1v) is 6.48. The Kier molecular flexibility index (Phi) is 3.22. The van der Waals surface area contributed by atoms with Crippen LogP contribution in [0.1, 0.15) is 17.2 Å². The molecule has 1 aliphatic heterocycles. The summed E-state index contributed by atoms with van der Waals surface area (Å²) in [6.45, 7) is 0. The summed E-state index contributed by atoms with van der Waals surface area (Å²) in [6.07, 6.45) is -2.35. The highest BCUT2D eigenvalue weighted by atomic mass is 19.1. The normalized spacial score (nSPS) is 20.3. The fourth-order valence-corrected chi connectivity index (χ4v) is 2.52. The average Bonchev–Trinajstić information content (AvgIpc) is 2.46. The Balaban J connectivity index is 2.05. The molecule has 1 aliphatic rings. The number of halogens is 1. The Morgan fingerprint density at radius 1 is 1.05 bits per heavy atom. The van der Waals surface area contributed by atoms with E-state index in [1.165, 1.54) is 12.1 Å². The Morgan fingerprint density at radius 3 is 2.50 bits per heavy atom. The van der Waals surface area contributed by atoms with Crippen molar-refractivity contribution >= 4 is 0 Å². The van der Waals surface area contributed by atoms with E-state index in [1.54, 1.807) is 0 Å². The van der Waals surface area contributed by atoms with Crippen LogP contribution in [0.25, 0.3) is 0 Å². The number of aliphatic hydroxyl groups is 1. The van der Waals surface area contributed by atoms with E-state index in [0.717, 1.165) is 12.1 Å². The lowest BCUT2D eigenvalue weighted by Gasteiger charge is -2.31. The number of benzene rings is 2. The largest absolute Gasteiger partial charge is 0.508 e. The minimum Gasteiger partial charge on any atom is -0.508 e. The van der Waals surface area contributed by atoms with Crippen molar-refractivity contribution in [1.29, 1.82) is 0 Å². The molecule has 0 aliphatic carbocycles. The van der Waals surface area contributed by atoms with E-state index in [4.69, 9.17) is 4.74 Å². The molecule has 5 N–H and O–H groups in total. The summed E-state index contributed by atoms with van der Waals surface area (Å²) in [5, 5.41) is 48.1. The number of ether oxygens (including phenoxy) is 1. The number of aromatic hydroxyl groups is 4. The Bertz CT molecular complexity index is 745. The van der Waals surface area contributed by atoms with Crippen molar-refractivity contribution in [3.05, 3.63) is 41.2 Å². The Hall–Kier alpha value is -2.67. The molecule has 0 spiro atoms. The third-order valence-electron chi connectivity index (χ3n) is 3.62. The highest BCUT2D eigenvalue weighted by Crippen LogP contribution is 2.43. The quantitative estimate of drug-likeness (QED) is 0.513. The van der Waals surface area contributed by atoms with Crippen LogP contribution in [0.15, 0.2) is 24.3 Å². The zero-order chi connectivity index (χ0) is 16.0. The van der Waals surface area contributed by atoms with Crippen LogP contribution in [0.3, 0.4) is 0 Å². The molecular weight excluding hydrogens is 295 g/mol. The SMILES string of the molecule is Oc1cc(O)c2c(c1)O[C@@H](c1ccc(O)c(O)c1F)[C@@H](O)C2. The van der Waals surface area contributed by atoms with E-state index in [1.807, 2.05) is 0 Å². The molecule has 116 valence electrons. The Labute approximate surface area is 124 Å². The van der Waals surface area contributed by atoms with Gasteiger partial charge in [-0.2, -0.15) is 0 Å². The van der Waals surface area contributed by atoms with Crippen molar-refractivity contribution in [3.63, 3.8) is 0 Å². The van der Waals surface area contributed by atoms with E-state index < -0.39 is 29.5 Å². The van der Waals surface area contributed by atoms with E-state index in [9.17, 15) is 29.9 Å². The molecule has 0 aromatic heterocycles. The Morgan fingerprint density at radius 2 is 1.77 bits per heavy atom. The van der Waals surface area contributed by atoms with Crippen LogP contribution >= 0.6 is 0 Å². The molecule has 0 radical (unpaired) electrons. The zero-order valence-electron chi connectivity index (χ0n) is 11.2. The maximum atomic E-state index is 14.1. The standard InChI is InChI=1S/C15H13FO6/c16-13-7(1-2-9(18)14(13)21)15-11(20)5-8-10(19)3-6(17)4-12(8)22-15/h1-4,11,15,17-21H,5H2/t11-,15-/m0/s1. The number of phenolic OH excluding ortho intramolecular Hbond substituents is 4. The van der Waals surface area contributed by atoms with Gasteiger partial charge in [0.15, 0.2) is 23.4 Å². The van der Waals surface area contributed by atoms with Crippen LogP contribution in [-0.4, -0.2) is 31.6 Å². The number of phenols is 4. The minimum absolute atomic E-state index is 0.0206. The predicted molar refractivity (Wildman–Crippen MR) is 72.6 cm³/mol. The average molecular weight is 308 g/mol. The zero-order valence-corrected chi connectivity index (χ0v) is 11.2. The first-order chi connectivity index (χ1) is 10.4. The van der Waals surface area contributed by atoms with E-state index in [0.29, 0.717) is 5.56 Å². The fourth-order valence-electron chi connectivity index (χ4n) is 2.52. The van der Waals surface area contributed by atoms with E-state index in [-0.39, 0.29) is 29.2 Å². The summed E-state index contributed by atoms with van der Waals surface area (Å²) in [5.41, 5.74) is 0.154. The molecule has 2 aromatic rings. The molecule has 2 aromatic carbocycles. The van der Waals surface area contributed by atoms with E-state index >= 15 is 0 Å². The van der Waals surface area contributed by atoms with Gasteiger partial charge in [-0.15, -0.1) is 0 Å². The first kappa shape index (κ1) is 14.3. The molecule has 0 fully saturated rings. The molecule has 0 bridgehead atoms. The van der Waals surface area contributed by atoms with Gasteiger partial charge in [0.25, 0.3) is 0 Å². The van der Waals surface area contributed by atoms with Gasteiger partial charge in [0.2, 0.25) is 0 Å². The van der Waals surface area contributed by atoms with Crippen LogP contribution in [0.5, 0.6) is 28.7 Å². The lowest BCUT2D eigenvalue weighted by molar-refractivity contribution is 0.0176. The lowest BCUT2D eigenvalue weighted by Crippen LogP contribution is -2.31. The molecule has 22 heavy (non-hydrogen) atoms. The van der Waals surface area contributed by atoms with Gasteiger partial charge in [-0.05, 0) is 12.1 Å². The summed E-state index contributed by atoms with van der Waals surface area (Å²) in [6, 6.07) is 4.62. The summed E-state index contributed by atoms with van der Waals surface area (Å²) in [7, 11) is 0. The van der Waals surface area contributed by atoms with Crippen LogP contribution in [-0.2, 0) is 6.42 Å². The van der Waals surface area contributed by atoms with Crippen molar-refractivity contribution in [2.75, 3.05) is 0 Å². The monoisotopic (exact) mass is 308 g/mol. The van der Waals surface area contributed by atoms with Crippen molar-refractivity contribution in [3.8, 4) is 28.7 Å². The molecule has 0 saturated heterocycles. The molecule has 1 heterocycles. The van der Waals surface area contributed by atoms with Crippen LogP contribution < -0.4 is 4.74 Å². The number of hydrogen-bond donors (Lipinski definition) is 5. The molecular formula is C15H13FO6. The highest BCUT2D eigenvalue weighted by molar-refractivity contribution is 5.52. The predicted octanol–water partition coefficient (Wildman–Crippen LogP) is 1.69. The van der Waals surface area contributed by atoms with Gasteiger partial charge < -0.3 is 30.3 Å². The lowest BCUT2D eigenvalue weighted by atomic mass is 9.93. The molecule has 6 nitrogen and oxygen atoms in total. The van der Waals surface area contributed by atoms with Crippen LogP contribution in [0, 0.1) is 5.82 Å². The van der Waals surface area contributed by atoms with Gasteiger partial charge in [-0.1, -0.05) is 0 Å². The van der Waals surface area contributed by atoms with Crippen molar-refractivity contribution in [2.45, 2.75) is 18.6 Å². The van der Waals surface area contributed by atoms with Gasteiger partial charge in [0.05, 0.1) is 6.10 Å². The smallest absolute Gasteiger partial charge is 0.194 e. The molecule has 0 unspecified atom stereocenters. The second-order valence-electron chi connectivity index (χ2n) is 5.09. The number of rotatable bonds is 1. The van der Waals surface area contributed by atoms with Crippen molar-refractivity contribution < 1.29 is 34.7 Å². The van der Waals surface area contributed by atoms with Gasteiger partial charge in [0.1, 0.15) is 17.2 Å². The van der Waals surface area contributed by atoms with Gasteiger partial charge >= 0.3 is 0 Å². The highest BCUT2D eigenvalue weighted by Gasteiger charge is 2.34. The molecule has 0 amide bonds. The third kappa shape index (κ3) is 2.15. The summed E-state index contributed by atoms with van der Waals surface area (Å²) in [4.78, 5) is 0. The van der Waals surface area contributed by atoms with Gasteiger partial charge in [0, 0.05) is 29.7 Å². The van der Waals surface area contributed by atoms with Crippen molar-refractivity contribution in [1.82, 2.24) is 0 Å². The molecule has 0 saturated carbocycles.